The molecule has 1 aliphatic rings. The van der Waals surface area contributed by atoms with E-state index in [0.717, 1.165) is 34.0 Å². The van der Waals surface area contributed by atoms with Gasteiger partial charge in [-0.05, 0) is 62.2 Å². The van der Waals surface area contributed by atoms with Crippen LogP contribution in [0.15, 0.2) is 54.1 Å². The van der Waals surface area contributed by atoms with Gasteiger partial charge in [-0.15, -0.1) is 0 Å². The van der Waals surface area contributed by atoms with Gasteiger partial charge in [-0.25, -0.2) is 0 Å². The Hall–Kier alpha value is -3.98. The number of nitriles is 1. The van der Waals surface area contributed by atoms with Crippen LogP contribution in [0, 0.1) is 32.1 Å². The normalized spacial score (nSPS) is 12.5. The highest BCUT2D eigenvalue weighted by Crippen LogP contribution is 2.35. The van der Waals surface area contributed by atoms with Crippen molar-refractivity contribution in [3.63, 3.8) is 0 Å². The fraction of sp³-hybridized carbons (Fsp3) is 0.167. The molecule has 1 aliphatic heterocycles. The van der Waals surface area contributed by atoms with E-state index in [2.05, 4.69) is 9.88 Å². The lowest BCUT2D eigenvalue weighted by atomic mass is 10.1. The Kier molecular flexibility index (Phi) is 5.03. The van der Waals surface area contributed by atoms with Gasteiger partial charge in [0.25, 0.3) is 5.91 Å². The second-order valence-corrected chi connectivity index (χ2v) is 7.14. The molecule has 6 nitrogen and oxygen atoms in total. The molecule has 6 heteroatoms. The molecule has 1 N–H and O–H groups in total. The maximum Gasteiger partial charge on any atom is 0.266 e. The monoisotopic (exact) mass is 399 g/mol. The lowest BCUT2D eigenvalue weighted by molar-refractivity contribution is -0.112. The van der Waals surface area contributed by atoms with Gasteiger partial charge in [0.15, 0.2) is 11.5 Å². The van der Waals surface area contributed by atoms with E-state index in [0.29, 0.717) is 11.4 Å². The van der Waals surface area contributed by atoms with Crippen molar-refractivity contribution in [3.05, 3.63) is 76.6 Å². The lowest BCUT2D eigenvalue weighted by Crippen LogP contribution is -2.14. The SMILES string of the molecule is Cc1ccccc1NC(=O)/C(C#N)=C/c1cc(C)n(-c2ccc3c(c2)OCO3)c1C. The van der Waals surface area contributed by atoms with Crippen LogP contribution in [-0.2, 0) is 4.79 Å². The van der Waals surface area contributed by atoms with Crippen molar-refractivity contribution in [2.24, 2.45) is 0 Å². The molecule has 0 aliphatic carbocycles. The van der Waals surface area contributed by atoms with Crippen LogP contribution in [0.4, 0.5) is 5.69 Å². The molecule has 0 radical (unpaired) electrons. The summed E-state index contributed by atoms with van der Waals surface area (Å²) in [6.45, 7) is 6.06. The van der Waals surface area contributed by atoms with E-state index >= 15 is 0 Å². The van der Waals surface area contributed by atoms with E-state index in [9.17, 15) is 10.1 Å². The highest BCUT2D eigenvalue weighted by atomic mass is 16.7. The first kappa shape index (κ1) is 19.3. The minimum atomic E-state index is -0.431. The standard InChI is InChI=1S/C24H21N3O3/c1-15-6-4-5-7-21(15)26-24(28)19(13-25)11-18-10-16(2)27(17(18)3)20-8-9-22-23(12-20)30-14-29-22/h4-12H,14H2,1-3H3,(H,26,28)/b19-11+. The first-order valence-electron chi connectivity index (χ1n) is 9.55. The first-order valence-corrected chi connectivity index (χ1v) is 9.55. The number of nitrogens with one attached hydrogen (secondary N) is 1. The van der Waals surface area contributed by atoms with Crippen LogP contribution in [-0.4, -0.2) is 17.3 Å². The number of rotatable bonds is 4. The third kappa shape index (κ3) is 3.53. The predicted octanol–water partition coefficient (Wildman–Crippen LogP) is 4.68. The molecule has 1 aromatic heterocycles. The molecule has 1 amide bonds. The predicted molar refractivity (Wildman–Crippen MR) is 115 cm³/mol. The number of anilines is 1. The van der Waals surface area contributed by atoms with Gasteiger partial charge in [0.1, 0.15) is 11.6 Å². The maximum atomic E-state index is 12.7. The smallest absolute Gasteiger partial charge is 0.266 e. The van der Waals surface area contributed by atoms with Crippen LogP contribution in [0.3, 0.4) is 0 Å². The number of carbonyl (C=O) groups is 1. The van der Waals surface area contributed by atoms with Gasteiger partial charge in [-0.2, -0.15) is 5.26 Å². The van der Waals surface area contributed by atoms with Crippen molar-refractivity contribution in [2.75, 3.05) is 12.1 Å². The number of ether oxygens (including phenoxy) is 2. The van der Waals surface area contributed by atoms with Crippen molar-refractivity contribution in [1.29, 1.82) is 5.26 Å². The summed E-state index contributed by atoms with van der Waals surface area (Å²) in [5.74, 6) is 0.994. The Morgan fingerprint density at radius 2 is 1.87 bits per heavy atom. The van der Waals surface area contributed by atoms with Crippen LogP contribution in [0.5, 0.6) is 11.5 Å². The van der Waals surface area contributed by atoms with Crippen molar-refractivity contribution in [2.45, 2.75) is 20.8 Å². The molecular formula is C24H21N3O3. The van der Waals surface area contributed by atoms with Crippen LogP contribution < -0.4 is 14.8 Å². The number of nitrogens with zero attached hydrogens (tertiary/aromatic N) is 2. The molecule has 4 rings (SSSR count). The number of para-hydroxylation sites is 1. The maximum absolute atomic E-state index is 12.7. The molecule has 2 aromatic carbocycles. The highest BCUT2D eigenvalue weighted by molar-refractivity contribution is 6.10. The number of carbonyl (C=O) groups excluding carboxylic acids is 1. The van der Waals surface area contributed by atoms with Crippen molar-refractivity contribution < 1.29 is 14.3 Å². The van der Waals surface area contributed by atoms with Crippen LogP contribution in [0.1, 0.15) is 22.5 Å². The van der Waals surface area contributed by atoms with Crippen molar-refractivity contribution >= 4 is 17.7 Å². The Morgan fingerprint density at radius 1 is 1.10 bits per heavy atom. The van der Waals surface area contributed by atoms with Gasteiger partial charge in [-0.1, -0.05) is 18.2 Å². The zero-order valence-corrected chi connectivity index (χ0v) is 17.0. The van der Waals surface area contributed by atoms with Gasteiger partial charge in [0.2, 0.25) is 6.79 Å². The van der Waals surface area contributed by atoms with Crippen LogP contribution in [0.25, 0.3) is 11.8 Å². The summed E-state index contributed by atoms with van der Waals surface area (Å²) < 4.78 is 12.9. The van der Waals surface area contributed by atoms with Gasteiger partial charge in [0, 0.05) is 28.8 Å². The third-order valence-electron chi connectivity index (χ3n) is 5.14. The van der Waals surface area contributed by atoms with E-state index in [-0.39, 0.29) is 12.4 Å². The molecule has 0 saturated heterocycles. The van der Waals surface area contributed by atoms with Crippen LogP contribution >= 0.6 is 0 Å². The Balaban J connectivity index is 1.66. The van der Waals surface area contributed by atoms with Gasteiger partial charge >= 0.3 is 0 Å². The minimum absolute atomic E-state index is 0.0455. The minimum Gasteiger partial charge on any atom is -0.454 e. The summed E-state index contributed by atoms with van der Waals surface area (Å²) in [5.41, 5.74) is 5.30. The summed E-state index contributed by atoms with van der Waals surface area (Å²) in [6.07, 6.45) is 1.62. The van der Waals surface area contributed by atoms with Gasteiger partial charge < -0.3 is 19.4 Å². The zero-order chi connectivity index (χ0) is 21.3. The zero-order valence-electron chi connectivity index (χ0n) is 17.0. The number of aromatic nitrogens is 1. The van der Waals surface area contributed by atoms with E-state index in [1.807, 2.05) is 75.4 Å². The van der Waals surface area contributed by atoms with Crippen LogP contribution in [0.2, 0.25) is 0 Å². The second kappa shape index (κ2) is 7.80. The fourth-order valence-corrected chi connectivity index (χ4v) is 3.56. The number of hydrogen-bond acceptors (Lipinski definition) is 4. The molecule has 0 spiro atoms. The topological polar surface area (TPSA) is 76.3 Å². The molecule has 3 aromatic rings. The van der Waals surface area contributed by atoms with Gasteiger partial charge in [0.05, 0.1) is 0 Å². The summed E-state index contributed by atoms with van der Waals surface area (Å²) in [4.78, 5) is 12.7. The molecule has 0 fully saturated rings. The number of benzene rings is 2. The molecule has 150 valence electrons. The number of amides is 1. The van der Waals surface area contributed by atoms with E-state index in [1.54, 1.807) is 6.08 Å². The number of hydrogen-bond donors (Lipinski definition) is 1. The summed E-state index contributed by atoms with van der Waals surface area (Å²) in [6, 6.07) is 17.2. The average Bonchev–Trinajstić information content (AvgIpc) is 3.31. The van der Waals surface area contributed by atoms with E-state index in [4.69, 9.17) is 9.47 Å². The number of fused-ring (bicyclic) bond motifs is 1. The van der Waals surface area contributed by atoms with E-state index in [1.165, 1.54) is 0 Å². The summed E-state index contributed by atoms with van der Waals surface area (Å²) >= 11 is 0. The molecular weight excluding hydrogens is 378 g/mol. The first-order chi connectivity index (χ1) is 14.5. The van der Waals surface area contributed by atoms with E-state index < -0.39 is 5.91 Å². The largest absolute Gasteiger partial charge is 0.454 e. The second-order valence-electron chi connectivity index (χ2n) is 7.14. The van der Waals surface area contributed by atoms with Gasteiger partial charge in [-0.3, -0.25) is 4.79 Å². The van der Waals surface area contributed by atoms with Crippen molar-refractivity contribution in [1.82, 2.24) is 4.57 Å². The molecule has 0 saturated carbocycles. The molecule has 0 atom stereocenters. The Morgan fingerprint density at radius 3 is 2.63 bits per heavy atom. The third-order valence-corrected chi connectivity index (χ3v) is 5.14. The fourth-order valence-electron chi connectivity index (χ4n) is 3.56. The highest BCUT2D eigenvalue weighted by Gasteiger charge is 2.17. The van der Waals surface area contributed by atoms with Crippen molar-refractivity contribution in [3.8, 4) is 23.3 Å². The summed E-state index contributed by atoms with van der Waals surface area (Å²) in [5, 5.41) is 12.4. The summed E-state index contributed by atoms with van der Waals surface area (Å²) in [7, 11) is 0. The Bertz CT molecular complexity index is 1210. The molecule has 0 bridgehead atoms. The molecule has 0 unspecified atom stereocenters. The lowest BCUT2D eigenvalue weighted by Gasteiger charge is -2.10. The molecule has 2 heterocycles. The average molecular weight is 399 g/mol. The number of aryl methyl sites for hydroxylation is 2. The Labute approximate surface area is 175 Å². The quantitative estimate of drug-likeness (QED) is 0.511. The molecule has 30 heavy (non-hydrogen) atoms.